The summed E-state index contributed by atoms with van der Waals surface area (Å²) in [6.07, 6.45) is 5.01. The van der Waals surface area contributed by atoms with Crippen molar-refractivity contribution in [2.24, 2.45) is 0 Å². The van der Waals surface area contributed by atoms with E-state index in [1.54, 1.807) is 0 Å². The Morgan fingerprint density at radius 2 is 2.13 bits per heavy atom. The van der Waals surface area contributed by atoms with Crippen molar-refractivity contribution in [2.75, 3.05) is 0 Å². The Bertz CT molecular complexity index is 449. The SMILES string of the molecule is C#Cc1cccc(C(F)(F)C(=O)O)c1Cl. The third kappa shape index (κ3) is 1.92. The highest BCUT2D eigenvalue weighted by Crippen LogP contribution is 2.35. The maximum absolute atomic E-state index is 13.1. The first kappa shape index (κ1) is 11.5. The van der Waals surface area contributed by atoms with Gasteiger partial charge in [-0.1, -0.05) is 29.7 Å². The maximum Gasteiger partial charge on any atom is 0.379 e. The highest BCUT2D eigenvalue weighted by atomic mass is 35.5. The van der Waals surface area contributed by atoms with Gasteiger partial charge in [0, 0.05) is 5.56 Å². The molecule has 1 rings (SSSR count). The summed E-state index contributed by atoms with van der Waals surface area (Å²) in [5.41, 5.74) is -0.762. The Labute approximate surface area is 89.5 Å². The van der Waals surface area contributed by atoms with Gasteiger partial charge in [0.25, 0.3) is 0 Å². The molecule has 15 heavy (non-hydrogen) atoms. The predicted octanol–water partition coefficient (Wildman–Crippen LogP) is 2.50. The van der Waals surface area contributed by atoms with Gasteiger partial charge in [-0.2, -0.15) is 8.78 Å². The first-order valence-electron chi connectivity index (χ1n) is 3.78. The zero-order chi connectivity index (χ0) is 11.6. The first-order valence-corrected chi connectivity index (χ1v) is 4.16. The molecule has 1 aromatic carbocycles. The summed E-state index contributed by atoms with van der Waals surface area (Å²) in [6, 6.07) is 3.51. The van der Waals surface area contributed by atoms with Crippen LogP contribution in [-0.2, 0) is 10.7 Å². The number of hydrogen-bond donors (Lipinski definition) is 1. The Balaban J connectivity index is 3.40. The number of carbonyl (C=O) groups is 1. The zero-order valence-electron chi connectivity index (χ0n) is 7.30. The van der Waals surface area contributed by atoms with Gasteiger partial charge in [-0.05, 0) is 6.07 Å². The van der Waals surface area contributed by atoms with Crippen molar-refractivity contribution in [3.63, 3.8) is 0 Å². The van der Waals surface area contributed by atoms with Crippen LogP contribution in [-0.4, -0.2) is 11.1 Å². The van der Waals surface area contributed by atoms with E-state index in [1.165, 1.54) is 12.1 Å². The minimum Gasteiger partial charge on any atom is -0.477 e. The van der Waals surface area contributed by atoms with E-state index in [-0.39, 0.29) is 5.56 Å². The molecule has 0 aliphatic heterocycles. The highest BCUT2D eigenvalue weighted by molar-refractivity contribution is 6.32. The van der Waals surface area contributed by atoms with Gasteiger partial charge in [0.2, 0.25) is 0 Å². The van der Waals surface area contributed by atoms with Crippen LogP contribution in [0.4, 0.5) is 8.78 Å². The van der Waals surface area contributed by atoms with Crippen molar-refractivity contribution in [1.82, 2.24) is 0 Å². The van der Waals surface area contributed by atoms with Gasteiger partial charge < -0.3 is 5.11 Å². The van der Waals surface area contributed by atoms with Crippen molar-refractivity contribution >= 4 is 17.6 Å². The number of alkyl halides is 2. The molecule has 0 radical (unpaired) electrons. The number of rotatable bonds is 2. The first-order chi connectivity index (χ1) is 6.91. The monoisotopic (exact) mass is 230 g/mol. The zero-order valence-corrected chi connectivity index (χ0v) is 8.05. The van der Waals surface area contributed by atoms with Gasteiger partial charge in [0.05, 0.1) is 10.6 Å². The molecule has 0 spiro atoms. The van der Waals surface area contributed by atoms with Crippen LogP contribution in [0.5, 0.6) is 0 Å². The molecule has 0 aliphatic rings. The van der Waals surface area contributed by atoms with E-state index in [0.29, 0.717) is 0 Å². The largest absolute Gasteiger partial charge is 0.477 e. The summed E-state index contributed by atoms with van der Waals surface area (Å²) < 4.78 is 26.2. The van der Waals surface area contributed by atoms with Crippen LogP contribution in [0, 0.1) is 12.3 Å². The summed E-state index contributed by atoms with van der Waals surface area (Å²) in [6.45, 7) is 0. The molecule has 0 aliphatic carbocycles. The average Bonchev–Trinajstić information content (AvgIpc) is 2.17. The predicted molar refractivity (Wildman–Crippen MR) is 50.9 cm³/mol. The molecule has 2 nitrogen and oxygen atoms in total. The second-order valence-electron chi connectivity index (χ2n) is 2.69. The molecule has 0 unspecified atom stereocenters. The Hall–Kier alpha value is -1.60. The lowest BCUT2D eigenvalue weighted by Crippen LogP contribution is -2.25. The van der Waals surface area contributed by atoms with Gasteiger partial charge in [-0.25, -0.2) is 4.79 Å². The molecule has 0 heterocycles. The van der Waals surface area contributed by atoms with Crippen LogP contribution in [0.25, 0.3) is 0 Å². The summed E-state index contributed by atoms with van der Waals surface area (Å²) in [7, 11) is 0. The summed E-state index contributed by atoms with van der Waals surface area (Å²) in [5, 5.41) is 7.91. The second-order valence-corrected chi connectivity index (χ2v) is 3.07. The lowest BCUT2D eigenvalue weighted by molar-refractivity contribution is -0.166. The van der Waals surface area contributed by atoms with E-state index >= 15 is 0 Å². The molecule has 0 aromatic heterocycles. The van der Waals surface area contributed by atoms with Crippen LogP contribution in [0.3, 0.4) is 0 Å². The van der Waals surface area contributed by atoms with E-state index in [1.807, 2.05) is 0 Å². The lowest BCUT2D eigenvalue weighted by atomic mass is 10.1. The van der Waals surface area contributed by atoms with Gasteiger partial charge in [0.15, 0.2) is 0 Å². The summed E-state index contributed by atoms with van der Waals surface area (Å²) >= 11 is 5.55. The number of hydrogen-bond acceptors (Lipinski definition) is 1. The van der Waals surface area contributed by atoms with Crippen LogP contribution < -0.4 is 0 Å². The Morgan fingerprint density at radius 1 is 1.53 bits per heavy atom. The number of benzene rings is 1. The van der Waals surface area contributed by atoms with Crippen LogP contribution in [0.1, 0.15) is 11.1 Å². The third-order valence-corrected chi connectivity index (χ3v) is 2.17. The van der Waals surface area contributed by atoms with E-state index in [2.05, 4.69) is 5.92 Å². The number of halogens is 3. The van der Waals surface area contributed by atoms with E-state index < -0.39 is 22.5 Å². The fraction of sp³-hybridized carbons (Fsp3) is 0.100. The van der Waals surface area contributed by atoms with Crippen LogP contribution in [0.2, 0.25) is 5.02 Å². The number of terminal acetylenes is 1. The second kappa shape index (κ2) is 3.87. The average molecular weight is 231 g/mol. The van der Waals surface area contributed by atoms with Crippen molar-refractivity contribution in [3.05, 3.63) is 34.3 Å². The normalized spacial score (nSPS) is 10.8. The maximum atomic E-state index is 13.1. The fourth-order valence-corrected chi connectivity index (χ4v) is 1.30. The quantitative estimate of drug-likeness (QED) is 0.793. The highest BCUT2D eigenvalue weighted by Gasteiger charge is 2.43. The van der Waals surface area contributed by atoms with Gasteiger partial charge in [-0.15, -0.1) is 6.42 Å². The molecule has 0 bridgehead atoms. The van der Waals surface area contributed by atoms with Crippen molar-refractivity contribution in [1.29, 1.82) is 0 Å². The molecule has 0 fully saturated rings. The van der Waals surface area contributed by atoms with E-state index in [9.17, 15) is 13.6 Å². The van der Waals surface area contributed by atoms with Crippen molar-refractivity contribution < 1.29 is 18.7 Å². The third-order valence-electron chi connectivity index (χ3n) is 1.76. The Kier molecular flexibility index (Phi) is 2.96. The molecule has 1 aromatic rings. The smallest absolute Gasteiger partial charge is 0.379 e. The topological polar surface area (TPSA) is 37.3 Å². The molecule has 0 saturated heterocycles. The lowest BCUT2D eigenvalue weighted by Gasteiger charge is -2.13. The molecule has 0 saturated carbocycles. The standard InChI is InChI=1S/C10H5ClF2O2/c1-2-6-4-3-5-7(8(6)11)10(12,13)9(14)15/h1,3-5H,(H,14,15). The summed E-state index contributed by atoms with van der Waals surface area (Å²) in [4.78, 5) is 10.3. The molecular formula is C10H5ClF2O2. The molecule has 0 amide bonds. The van der Waals surface area contributed by atoms with Gasteiger partial charge in [-0.3, -0.25) is 0 Å². The Morgan fingerprint density at radius 3 is 2.60 bits per heavy atom. The van der Waals surface area contributed by atoms with Gasteiger partial charge >= 0.3 is 11.9 Å². The molecular weight excluding hydrogens is 226 g/mol. The molecule has 78 valence electrons. The molecule has 0 atom stereocenters. The van der Waals surface area contributed by atoms with Crippen molar-refractivity contribution in [2.45, 2.75) is 5.92 Å². The molecule has 5 heteroatoms. The van der Waals surface area contributed by atoms with Crippen molar-refractivity contribution in [3.8, 4) is 12.3 Å². The van der Waals surface area contributed by atoms with E-state index in [4.69, 9.17) is 23.1 Å². The van der Waals surface area contributed by atoms with Gasteiger partial charge in [0.1, 0.15) is 0 Å². The minimum absolute atomic E-state index is 0.0371. The number of carboxylic acid groups (broad SMARTS) is 1. The van der Waals surface area contributed by atoms with Crippen LogP contribution >= 0.6 is 11.6 Å². The minimum atomic E-state index is -4.04. The fourth-order valence-electron chi connectivity index (χ4n) is 1.00. The van der Waals surface area contributed by atoms with E-state index in [0.717, 1.165) is 6.07 Å². The molecule has 1 N–H and O–H groups in total. The van der Waals surface area contributed by atoms with Crippen LogP contribution in [0.15, 0.2) is 18.2 Å². The summed E-state index contributed by atoms with van der Waals surface area (Å²) in [5.74, 6) is -4.21. The number of carboxylic acids is 1. The number of aliphatic carboxylic acids is 1.